The normalized spacial score (nSPS) is 25.5. The number of ketones is 1. The number of hydrogen-bond donors (Lipinski definition) is 14. The molecule has 0 aliphatic carbocycles. The summed E-state index contributed by atoms with van der Waals surface area (Å²) in [4.78, 5) is 106. The number of carbonyl (C=O) groups is 7. The maximum Gasteiger partial charge on any atom is 0.248 e. The first kappa shape index (κ1) is 67.0. The monoisotopic (exact) mass is 1380 g/mol. The molecule has 7 aliphatic heterocycles. The topological polar surface area (TPSA) is 389 Å². The molecule has 7 aromatic rings. The van der Waals surface area contributed by atoms with E-state index in [4.69, 9.17) is 51.1 Å². The number of fused-ring (bicyclic) bond motifs is 14. The van der Waals surface area contributed by atoms with Crippen molar-refractivity contribution < 1.29 is 97.2 Å². The fraction of sp³-hybridized carbons (Fsp3) is 0.279. The molecule has 1 saturated heterocycles. The first-order valence-corrected chi connectivity index (χ1v) is 31.4. The number of phenolic OH excluding ortho intramolecular Hbond substituents is 4. The molecule has 26 nitrogen and oxygen atoms in total. The fourth-order valence-electron chi connectivity index (χ4n) is 12.2. The highest BCUT2D eigenvalue weighted by atomic mass is 35.5. The molecule has 29 heteroatoms. The SMILES string of the molecule is CC(=O)C1NC(=O)C2NC(=O)C(NC(=O)C3NC(=O)C4NC(=O)C(Cc5ccc(cc5)Oc5cc3cc(c5O[C@@H]3O[C@@H](C)[C@@H](O)C(O)C3C)Oc3ccc(cc3Cl)C2O)NC(=O)C(C)c2ccc(O)c(c2)Oc2cc(O)c(Cl)c4c2)c2ccc(O)c(c2)-c2c1cc(O)c(C)c2OS. The van der Waals surface area contributed by atoms with Crippen molar-refractivity contribution in [3.8, 4) is 80.1 Å². The van der Waals surface area contributed by atoms with Crippen molar-refractivity contribution in [3.63, 3.8) is 0 Å². The van der Waals surface area contributed by atoms with Crippen molar-refractivity contribution in [1.29, 1.82) is 0 Å². The highest BCUT2D eigenvalue weighted by Crippen LogP contribution is 2.51. The summed E-state index contributed by atoms with van der Waals surface area (Å²) in [7, 11) is 0. The van der Waals surface area contributed by atoms with Gasteiger partial charge >= 0.3 is 0 Å². The third-order valence-electron chi connectivity index (χ3n) is 17.8. The number of aliphatic hydroxyl groups excluding tert-OH is 3. The number of carbonyl (C=O) groups excluding carboxylic acids is 7. The van der Waals surface area contributed by atoms with Gasteiger partial charge in [-0.1, -0.05) is 60.5 Å². The molecule has 7 heterocycles. The highest BCUT2D eigenvalue weighted by molar-refractivity contribution is 7.75. The number of ether oxygens (including phenoxy) is 5. The Morgan fingerprint density at radius 2 is 1.19 bits per heavy atom. The number of aromatic hydroxyl groups is 4. The Bertz CT molecular complexity index is 4430. The average molecular weight is 1390 g/mol. The maximum atomic E-state index is 16.2. The van der Waals surface area contributed by atoms with Gasteiger partial charge in [0.15, 0.2) is 34.5 Å². The van der Waals surface area contributed by atoms with E-state index in [9.17, 15) is 45.3 Å². The fourth-order valence-corrected chi connectivity index (χ4v) is 12.9. The predicted molar refractivity (Wildman–Crippen MR) is 347 cm³/mol. The van der Waals surface area contributed by atoms with E-state index < -0.39 is 148 Å². The van der Waals surface area contributed by atoms with E-state index in [1.807, 2.05) is 0 Å². The number of phenols is 4. The van der Waals surface area contributed by atoms with Crippen LogP contribution in [0.3, 0.4) is 0 Å². The zero-order chi connectivity index (χ0) is 69.3. The first-order valence-electron chi connectivity index (χ1n) is 30.3. The van der Waals surface area contributed by atoms with Gasteiger partial charge in [-0.3, -0.25) is 33.6 Å². The number of thiol groups is 1. The maximum absolute atomic E-state index is 16.2. The molecule has 0 saturated carbocycles. The molecular weight excluding hydrogens is 1320 g/mol. The molecule has 17 bridgehead atoms. The van der Waals surface area contributed by atoms with E-state index in [2.05, 4.69) is 44.8 Å². The number of halogens is 2. The second kappa shape index (κ2) is 26.5. The van der Waals surface area contributed by atoms with Gasteiger partial charge in [0.2, 0.25) is 47.5 Å². The summed E-state index contributed by atoms with van der Waals surface area (Å²) in [6.07, 6.45) is -7.58. The summed E-state index contributed by atoms with van der Waals surface area (Å²) >= 11 is 18.1. The number of Topliss-reactive ketones (excluding diaryl/α,β-unsaturated/α-hetero) is 1. The zero-order valence-electron chi connectivity index (χ0n) is 51.7. The standard InChI is InChI=1S/C68H62Cl2N6O20S/c1-25-31-8-14-43(79)47(19-31)93-36-22-39(51(70)45(81)23-36)55-66(89)74-54-34-20-48(92-35-11-6-30(7-12-35)16-41(63(86)75-55)71-62(25)85)61(95-68-27(3)57(82)58(83)29(5)91-68)49(21-34)94-46-15-10-33(18-40(46)69)59(84)56-67(90)72-52(28(4)77)38-24-44(80)26(2)60(96-97)50(38)37-17-32(9-13-42(37)78)53(64(87)76-56)73-65(54)88/h6-15,17-25,27,29,41,52-59,68,78-84,97H,16H2,1-5H3,(H,71,85)(H,72,90)(H,73,88)(H,74,89)(H,75,86)(H,76,87)/t25?,27?,29-,41?,52?,53?,54?,55?,56?,57?,58+,59?,68-/m0/s1. The lowest BCUT2D eigenvalue weighted by molar-refractivity contribution is -0.245. The molecule has 0 spiro atoms. The quantitative estimate of drug-likeness (QED) is 0.0612. The molecule has 7 aromatic carbocycles. The van der Waals surface area contributed by atoms with Crippen LogP contribution in [0.1, 0.15) is 108 Å². The molecule has 1 fully saturated rings. The van der Waals surface area contributed by atoms with Crippen LogP contribution in [0, 0.1) is 12.8 Å². The Morgan fingerprint density at radius 3 is 1.89 bits per heavy atom. The van der Waals surface area contributed by atoms with Crippen molar-refractivity contribution in [3.05, 3.63) is 164 Å². The number of nitrogens with one attached hydrogen (secondary N) is 6. The smallest absolute Gasteiger partial charge is 0.248 e. The van der Waals surface area contributed by atoms with Gasteiger partial charge in [0.1, 0.15) is 83.0 Å². The van der Waals surface area contributed by atoms with Gasteiger partial charge in [-0.05, 0) is 134 Å². The molecule has 97 heavy (non-hydrogen) atoms. The van der Waals surface area contributed by atoms with Crippen LogP contribution < -0.4 is 55.0 Å². The largest absolute Gasteiger partial charge is 0.508 e. The highest BCUT2D eigenvalue weighted by Gasteiger charge is 2.45. The summed E-state index contributed by atoms with van der Waals surface area (Å²) in [5.41, 5.74) is -0.720. The molecular formula is C68H62Cl2N6O20S. The molecule has 6 amide bonds. The van der Waals surface area contributed by atoms with E-state index in [0.717, 1.165) is 25.1 Å². The van der Waals surface area contributed by atoms with Gasteiger partial charge in [-0.2, -0.15) is 0 Å². The second-order valence-corrected chi connectivity index (χ2v) is 25.2. The third kappa shape index (κ3) is 12.9. The van der Waals surface area contributed by atoms with E-state index >= 15 is 24.0 Å². The number of amides is 6. The number of benzene rings is 7. The summed E-state index contributed by atoms with van der Waals surface area (Å²) in [5, 5.41) is 95.6. The van der Waals surface area contributed by atoms with E-state index in [-0.39, 0.29) is 102 Å². The first-order chi connectivity index (χ1) is 46.2. The van der Waals surface area contributed by atoms with Crippen LogP contribution >= 0.6 is 36.1 Å². The van der Waals surface area contributed by atoms with Gasteiger partial charge in [-0.15, -0.1) is 0 Å². The summed E-state index contributed by atoms with van der Waals surface area (Å²) < 4.78 is 37.8. The number of hydrogen-bond acceptors (Lipinski definition) is 21. The van der Waals surface area contributed by atoms with Crippen LogP contribution in [0.4, 0.5) is 0 Å². The lowest BCUT2D eigenvalue weighted by atomic mass is 9.87. The Morgan fingerprint density at radius 1 is 0.557 bits per heavy atom. The van der Waals surface area contributed by atoms with Gasteiger partial charge in [0.25, 0.3) is 0 Å². The van der Waals surface area contributed by atoms with Gasteiger partial charge in [-0.25, -0.2) is 0 Å². The van der Waals surface area contributed by atoms with Crippen molar-refractivity contribution in [2.24, 2.45) is 5.92 Å². The van der Waals surface area contributed by atoms with Crippen LogP contribution in [-0.2, 0) is 44.7 Å². The van der Waals surface area contributed by atoms with E-state index in [1.54, 1.807) is 12.1 Å². The molecule has 0 aromatic heterocycles. The summed E-state index contributed by atoms with van der Waals surface area (Å²) in [6.45, 7) is 7.10. The molecule has 10 unspecified atom stereocenters. The molecule has 14 rings (SSSR count). The van der Waals surface area contributed by atoms with E-state index in [0.29, 0.717) is 11.1 Å². The van der Waals surface area contributed by atoms with Gasteiger partial charge < -0.3 is 95.5 Å². The lowest BCUT2D eigenvalue weighted by Gasteiger charge is -2.40. The Balaban J connectivity index is 1.12. The zero-order valence-corrected chi connectivity index (χ0v) is 54.2. The molecule has 13 atom stereocenters. The molecule has 0 radical (unpaired) electrons. The van der Waals surface area contributed by atoms with Crippen LogP contribution in [0.5, 0.6) is 69.0 Å². The summed E-state index contributed by atoms with van der Waals surface area (Å²) in [6, 6.07) is 11.7. The molecule has 504 valence electrons. The minimum atomic E-state index is -2.19. The Kier molecular flexibility index (Phi) is 18.3. The van der Waals surface area contributed by atoms with Crippen LogP contribution in [0.15, 0.2) is 109 Å². The lowest BCUT2D eigenvalue weighted by Crippen LogP contribution is -2.55. The Labute approximate surface area is 567 Å². The van der Waals surface area contributed by atoms with Crippen LogP contribution in [0.2, 0.25) is 10.0 Å². The number of aliphatic hydroxyl groups is 3. The van der Waals surface area contributed by atoms with Crippen molar-refractivity contribution >= 4 is 77.3 Å². The Hall–Kier alpha value is -10.0. The second-order valence-electron chi connectivity index (χ2n) is 24.2. The van der Waals surface area contributed by atoms with E-state index in [1.165, 1.54) is 107 Å². The van der Waals surface area contributed by atoms with Crippen LogP contribution in [0.25, 0.3) is 11.1 Å². The average Bonchev–Trinajstić information content (AvgIpc) is 0.762. The van der Waals surface area contributed by atoms with Crippen molar-refractivity contribution in [2.75, 3.05) is 0 Å². The summed E-state index contributed by atoms with van der Waals surface area (Å²) in [5.74, 6) is -13.5. The van der Waals surface area contributed by atoms with Crippen LogP contribution in [-0.4, -0.2) is 114 Å². The van der Waals surface area contributed by atoms with Crippen molar-refractivity contribution in [1.82, 2.24) is 31.9 Å². The van der Waals surface area contributed by atoms with Gasteiger partial charge in [0, 0.05) is 53.6 Å². The number of rotatable bonds is 4. The minimum Gasteiger partial charge on any atom is -0.508 e. The molecule has 13 N–H and O–H groups in total. The van der Waals surface area contributed by atoms with Gasteiger partial charge in [0.05, 0.1) is 28.2 Å². The van der Waals surface area contributed by atoms with Crippen molar-refractivity contribution in [2.45, 2.75) is 114 Å². The minimum absolute atomic E-state index is 0.0305. The predicted octanol–water partition coefficient (Wildman–Crippen LogP) is 7.20. The third-order valence-corrected chi connectivity index (χ3v) is 18.7. The molecule has 7 aliphatic rings.